The lowest BCUT2D eigenvalue weighted by Crippen LogP contribution is -2.18. The van der Waals surface area contributed by atoms with Crippen LogP contribution in [0.5, 0.6) is 11.5 Å². The molecule has 0 aliphatic heterocycles. The number of hydrogen-bond acceptors (Lipinski definition) is 4. The zero-order valence-electron chi connectivity index (χ0n) is 15.5. The molecule has 140 valence electrons. The number of rotatable bonds is 11. The molecule has 5 heteroatoms. The van der Waals surface area contributed by atoms with E-state index in [0.717, 1.165) is 18.4 Å². The van der Waals surface area contributed by atoms with E-state index in [1.807, 2.05) is 43.3 Å². The zero-order chi connectivity index (χ0) is 18.6. The van der Waals surface area contributed by atoms with Gasteiger partial charge in [0.2, 0.25) is 5.91 Å². The predicted molar refractivity (Wildman–Crippen MR) is 103 cm³/mol. The van der Waals surface area contributed by atoms with Gasteiger partial charge in [-0.15, -0.1) is 0 Å². The van der Waals surface area contributed by atoms with Crippen molar-refractivity contribution in [3.8, 4) is 11.5 Å². The van der Waals surface area contributed by atoms with Crippen molar-refractivity contribution < 1.29 is 19.0 Å². The molecule has 0 aromatic heterocycles. The Morgan fingerprint density at radius 1 is 0.923 bits per heavy atom. The van der Waals surface area contributed by atoms with E-state index in [9.17, 15) is 4.79 Å². The fraction of sp³-hybridized carbons (Fsp3) is 0.381. The van der Waals surface area contributed by atoms with Crippen LogP contribution in [0.2, 0.25) is 0 Å². The molecule has 0 heterocycles. The molecule has 0 saturated carbocycles. The van der Waals surface area contributed by atoms with E-state index in [2.05, 4.69) is 12.2 Å². The summed E-state index contributed by atoms with van der Waals surface area (Å²) >= 11 is 0. The van der Waals surface area contributed by atoms with Crippen LogP contribution in [0.1, 0.15) is 32.3 Å². The molecular weight excluding hydrogens is 330 g/mol. The lowest BCUT2D eigenvalue weighted by molar-refractivity contribution is -0.121. The number of amides is 1. The van der Waals surface area contributed by atoms with Gasteiger partial charge in [-0.3, -0.25) is 4.79 Å². The molecular formula is C21H27NO4. The van der Waals surface area contributed by atoms with Gasteiger partial charge in [0.15, 0.2) is 11.5 Å². The monoisotopic (exact) mass is 357 g/mol. The second-order valence-corrected chi connectivity index (χ2v) is 5.89. The third-order valence-corrected chi connectivity index (χ3v) is 3.50. The summed E-state index contributed by atoms with van der Waals surface area (Å²) in [7, 11) is 0. The average Bonchev–Trinajstić information content (AvgIpc) is 2.66. The minimum absolute atomic E-state index is 0.00582. The molecule has 0 atom stereocenters. The SMILES string of the molecule is CCCOc1ccc(NC(=O)COCc2ccccc2)cc1OCCC. The first-order valence-corrected chi connectivity index (χ1v) is 9.04. The van der Waals surface area contributed by atoms with Crippen molar-refractivity contribution in [1.29, 1.82) is 0 Å². The summed E-state index contributed by atoms with van der Waals surface area (Å²) in [6, 6.07) is 15.2. The first-order valence-electron chi connectivity index (χ1n) is 9.04. The third-order valence-electron chi connectivity index (χ3n) is 3.50. The number of carbonyl (C=O) groups excluding carboxylic acids is 1. The quantitative estimate of drug-likeness (QED) is 0.647. The van der Waals surface area contributed by atoms with Crippen LogP contribution in [0.3, 0.4) is 0 Å². The van der Waals surface area contributed by atoms with Gasteiger partial charge in [-0.2, -0.15) is 0 Å². The Morgan fingerprint density at radius 3 is 2.31 bits per heavy atom. The minimum atomic E-state index is -0.204. The average molecular weight is 357 g/mol. The Hall–Kier alpha value is -2.53. The van der Waals surface area contributed by atoms with Gasteiger partial charge in [0.1, 0.15) is 6.61 Å². The highest BCUT2D eigenvalue weighted by Crippen LogP contribution is 2.31. The normalized spacial score (nSPS) is 10.4. The van der Waals surface area contributed by atoms with Gasteiger partial charge in [-0.25, -0.2) is 0 Å². The van der Waals surface area contributed by atoms with Crippen LogP contribution in [0.4, 0.5) is 5.69 Å². The van der Waals surface area contributed by atoms with Crippen molar-refractivity contribution >= 4 is 11.6 Å². The summed E-state index contributed by atoms with van der Waals surface area (Å²) in [5.41, 5.74) is 1.70. The Labute approximate surface area is 155 Å². The molecule has 0 spiro atoms. The smallest absolute Gasteiger partial charge is 0.250 e. The molecule has 1 amide bonds. The van der Waals surface area contributed by atoms with Crippen LogP contribution >= 0.6 is 0 Å². The van der Waals surface area contributed by atoms with E-state index in [1.54, 1.807) is 12.1 Å². The van der Waals surface area contributed by atoms with Gasteiger partial charge in [0.25, 0.3) is 0 Å². The van der Waals surface area contributed by atoms with Crippen molar-refractivity contribution in [2.24, 2.45) is 0 Å². The van der Waals surface area contributed by atoms with Crippen LogP contribution < -0.4 is 14.8 Å². The van der Waals surface area contributed by atoms with E-state index in [-0.39, 0.29) is 12.5 Å². The zero-order valence-corrected chi connectivity index (χ0v) is 15.5. The second kappa shape index (κ2) is 11.2. The number of carbonyl (C=O) groups is 1. The molecule has 5 nitrogen and oxygen atoms in total. The van der Waals surface area contributed by atoms with E-state index in [0.29, 0.717) is 37.0 Å². The van der Waals surface area contributed by atoms with Gasteiger partial charge < -0.3 is 19.5 Å². The molecule has 0 aliphatic carbocycles. The molecule has 2 aromatic rings. The number of nitrogens with one attached hydrogen (secondary N) is 1. The summed E-state index contributed by atoms with van der Waals surface area (Å²) in [6.45, 7) is 5.72. The lowest BCUT2D eigenvalue weighted by atomic mass is 10.2. The lowest BCUT2D eigenvalue weighted by Gasteiger charge is -2.14. The van der Waals surface area contributed by atoms with Crippen molar-refractivity contribution in [1.82, 2.24) is 0 Å². The Morgan fingerprint density at radius 2 is 1.62 bits per heavy atom. The number of anilines is 1. The standard InChI is InChI=1S/C21H27NO4/c1-3-12-25-19-11-10-18(14-20(19)26-13-4-2)22-21(23)16-24-15-17-8-6-5-7-9-17/h5-11,14H,3-4,12-13,15-16H2,1-2H3,(H,22,23). The van der Waals surface area contributed by atoms with Gasteiger partial charge in [0.05, 0.1) is 19.8 Å². The van der Waals surface area contributed by atoms with Crippen molar-refractivity contribution in [3.05, 3.63) is 54.1 Å². The van der Waals surface area contributed by atoms with E-state index in [1.165, 1.54) is 0 Å². The van der Waals surface area contributed by atoms with E-state index < -0.39 is 0 Å². The summed E-state index contributed by atoms with van der Waals surface area (Å²) in [5, 5.41) is 2.83. The maximum atomic E-state index is 12.1. The molecule has 26 heavy (non-hydrogen) atoms. The fourth-order valence-electron chi connectivity index (χ4n) is 2.27. The topological polar surface area (TPSA) is 56.8 Å². The van der Waals surface area contributed by atoms with Crippen LogP contribution in [-0.2, 0) is 16.1 Å². The first-order chi connectivity index (χ1) is 12.7. The highest BCUT2D eigenvalue weighted by molar-refractivity contribution is 5.92. The maximum Gasteiger partial charge on any atom is 0.250 e. The number of hydrogen-bond donors (Lipinski definition) is 1. The molecule has 1 N–H and O–H groups in total. The van der Waals surface area contributed by atoms with Crippen LogP contribution in [0.15, 0.2) is 48.5 Å². The minimum Gasteiger partial charge on any atom is -0.490 e. The molecule has 0 bridgehead atoms. The van der Waals surface area contributed by atoms with Crippen molar-refractivity contribution in [3.63, 3.8) is 0 Å². The third kappa shape index (κ3) is 6.76. The summed E-state index contributed by atoms with van der Waals surface area (Å²) in [6.07, 6.45) is 1.82. The summed E-state index contributed by atoms with van der Waals surface area (Å²) in [4.78, 5) is 12.1. The largest absolute Gasteiger partial charge is 0.490 e. The van der Waals surface area contributed by atoms with Gasteiger partial charge >= 0.3 is 0 Å². The van der Waals surface area contributed by atoms with Crippen LogP contribution in [0, 0.1) is 0 Å². The predicted octanol–water partition coefficient (Wildman–Crippen LogP) is 4.42. The number of benzene rings is 2. The Kier molecular flexibility index (Phi) is 8.49. The fourth-order valence-corrected chi connectivity index (χ4v) is 2.27. The Bertz CT molecular complexity index is 673. The van der Waals surface area contributed by atoms with Crippen LogP contribution in [-0.4, -0.2) is 25.7 Å². The highest BCUT2D eigenvalue weighted by atomic mass is 16.5. The van der Waals surface area contributed by atoms with Crippen molar-refractivity contribution in [2.45, 2.75) is 33.3 Å². The van der Waals surface area contributed by atoms with Crippen molar-refractivity contribution in [2.75, 3.05) is 25.1 Å². The first kappa shape index (κ1) is 19.8. The molecule has 0 fully saturated rings. The molecule has 0 unspecified atom stereocenters. The highest BCUT2D eigenvalue weighted by Gasteiger charge is 2.09. The van der Waals surface area contributed by atoms with Crippen LogP contribution in [0.25, 0.3) is 0 Å². The summed E-state index contributed by atoms with van der Waals surface area (Å²) in [5.74, 6) is 1.13. The molecule has 0 radical (unpaired) electrons. The second-order valence-electron chi connectivity index (χ2n) is 5.89. The molecule has 2 rings (SSSR count). The Balaban J connectivity index is 1.89. The van der Waals surface area contributed by atoms with Gasteiger partial charge in [-0.1, -0.05) is 44.2 Å². The molecule has 0 saturated heterocycles. The molecule has 2 aromatic carbocycles. The van der Waals surface area contributed by atoms with E-state index in [4.69, 9.17) is 14.2 Å². The summed E-state index contributed by atoms with van der Waals surface area (Å²) < 4.78 is 16.9. The number of ether oxygens (including phenoxy) is 3. The van der Waals surface area contributed by atoms with E-state index >= 15 is 0 Å². The van der Waals surface area contributed by atoms with Gasteiger partial charge in [-0.05, 0) is 30.5 Å². The molecule has 0 aliphatic rings. The maximum absolute atomic E-state index is 12.1. The van der Waals surface area contributed by atoms with Gasteiger partial charge in [0, 0.05) is 11.8 Å².